The maximum absolute atomic E-state index is 13.8. The first-order chi connectivity index (χ1) is 20.1. The van der Waals surface area contributed by atoms with E-state index in [-0.39, 0.29) is 22.9 Å². The number of benzene rings is 2. The van der Waals surface area contributed by atoms with Gasteiger partial charge in [-0.3, -0.25) is 4.79 Å². The average molecular weight is 588 g/mol. The third-order valence-electron chi connectivity index (χ3n) is 8.24. The summed E-state index contributed by atoms with van der Waals surface area (Å²) in [6.07, 6.45) is 3.40. The average Bonchev–Trinajstić information content (AvgIpc) is 2.98. The van der Waals surface area contributed by atoms with E-state index in [2.05, 4.69) is 33.0 Å². The Labute approximate surface area is 248 Å². The van der Waals surface area contributed by atoms with Crippen molar-refractivity contribution >= 4 is 38.8 Å². The van der Waals surface area contributed by atoms with Gasteiger partial charge in [-0.2, -0.15) is 0 Å². The van der Waals surface area contributed by atoms with Gasteiger partial charge in [0.25, 0.3) is 5.91 Å². The maximum atomic E-state index is 13.8. The fourth-order valence-corrected chi connectivity index (χ4v) is 6.69. The fourth-order valence-electron chi connectivity index (χ4n) is 6.00. The number of rotatable bonds is 6. The minimum absolute atomic E-state index is 0.0110. The zero-order valence-electron chi connectivity index (χ0n) is 24.2. The van der Waals surface area contributed by atoms with Crippen molar-refractivity contribution in [2.24, 2.45) is 5.14 Å². The second kappa shape index (κ2) is 12.0. The number of aromatic nitrogens is 1. The number of sulfonamides is 1. The van der Waals surface area contributed by atoms with Crippen LogP contribution in [0.5, 0.6) is 0 Å². The number of carbonyl (C=O) groups is 1. The van der Waals surface area contributed by atoms with E-state index in [9.17, 15) is 13.2 Å². The highest BCUT2D eigenvalue weighted by atomic mass is 32.2. The standard InChI is InChI=1S/C31H37N7O3S/c1-21-18-22(2)27(35-24-11-14-36(15-12-24)28-9-6-5-8-26(28)33-4)19-25(21)31(39)37-16-17-38(23(3)20-37)30-29(42(32,40)41)10-7-13-34-30/h5-10,13,18-19,23-24,35H,11-12,14-17,20H2,1-3H3,(H2,32,40,41)/t23-/m1/s1. The molecule has 10 nitrogen and oxygen atoms in total. The summed E-state index contributed by atoms with van der Waals surface area (Å²) in [5, 5.41) is 9.13. The Kier molecular flexibility index (Phi) is 8.38. The Morgan fingerprint density at radius 1 is 1.05 bits per heavy atom. The first-order valence-electron chi connectivity index (χ1n) is 14.2. The molecule has 2 fully saturated rings. The molecule has 0 saturated carbocycles. The van der Waals surface area contributed by atoms with Gasteiger partial charge in [0.1, 0.15) is 10.7 Å². The Bertz CT molecular complexity index is 1630. The molecular weight excluding hydrogens is 550 g/mol. The summed E-state index contributed by atoms with van der Waals surface area (Å²) in [6, 6.07) is 14.9. The third kappa shape index (κ3) is 6.05. The van der Waals surface area contributed by atoms with Crippen LogP contribution in [-0.4, -0.2) is 69.0 Å². The van der Waals surface area contributed by atoms with Crippen LogP contribution in [0.1, 0.15) is 41.3 Å². The van der Waals surface area contributed by atoms with E-state index in [1.54, 1.807) is 12.3 Å². The van der Waals surface area contributed by atoms with Gasteiger partial charge in [0.15, 0.2) is 0 Å². The molecule has 3 heterocycles. The zero-order valence-corrected chi connectivity index (χ0v) is 25.1. The van der Waals surface area contributed by atoms with Crippen molar-refractivity contribution in [3.8, 4) is 0 Å². The topological polar surface area (TPSA) is 116 Å². The highest BCUT2D eigenvalue weighted by molar-refractivity contribution is 7.89. The van der Waals surface area contributed by atoms with Gasteiger partial charge < -0.3 is 20.0 Å². The summed E-state index contributed by atoms with van der Waals surface area (Å²) < 4.78 is 24.3. The van der Waals surface area contributed by atoms with Gasteiger partial charge >= 0.3 is 0 Å². The molecule has 2 saturated heterocycles. The minimum atomic E-state index is -3.93. The molecule has 0 spiro atoms. The summed E-state index contributed by atoms with van der Waals surface area (Å²) in [5.41, 5.74) is 5.31. The van der Waals surface area contributed by atoms with Crippen LogP contribution in [0.4, 0.5) is 22.9 Å². The molecule has 1 amide bonds. The van der Waals surface area contributed by atoms with Crippen molar-refractivity contribution in [2.45, 2.75) is 50.6 Å². The number of nitrogens with two attached hydrogens (primary N) is 1. The van der Waals surface area contributed by atoms with Crippen molar-refractivity contribution < 1.29 is 13.2 Å². The lowest BCUT2D eigenvalue weighted by molar-refractivity contribution is 0.0725. The zero-order chi connectivity index (χ0) is 30.0. The number of aryl methyl sites for hydroxylation is 2. The lowest BCUT2D eigenvalue weighted by atomic mass is 9.99. The van der Waals surface area contributed by atoms with Gasteiger partial charge in [0, 0.05) is 67.9 Å². The summed E-state index contributed by atoms with van der Waals surface area (Å²) >= 11 is 0. The van der Waals surface area contributed by atoms with Gasteiger partial charge in [-0.25, -0.2) is 23.4 Å². The Morgan fingerprint density at radius 3 is 2.48 bits per heavy atom. The fraction of sp³-hybridized carbons (Fsp3) is 0.387. The smallest absolute Gasteiger partial charge is 0.254 e. The molecule has 2 aliphatic heterocycles. The summed E-state index contributed by atoms with van der Waals surface area (Å²) in [5.74, 6) is 0.279. The molecule has 11 heteroatoms. The molecule has 1 aromatic heterocycles. The van der Waals surface area contributed by atoms with Crippen LogP contribution >= 0.6 is 0 Å². The molecule has 42 heavy (non-hydrogen) atoms. The number of piperidine rings is 1. The molecule has 3 N–H and O–H groups in total. The van der Waals surface area contributed by atoms with Crippen LogP contribution in [0, 0.1) is 20.4 Å². The van der Waals surface area contributed by atoms with Crippen LogP contribution in [0.15, 0.2) is 59.6 Å². The van der Waals surface area contributed by atoms with Crippen molar-refractivity contribution in [2.75, 3.05) is 47.8 Å². The number of amides is 1. The maximum Gasteiger partial charge on any atom is 0.254 e. The lowest BCUT2D eigenvalue weighted by Crippen LogP contribution is -2.54. The van der Waals surface area contributed by atoms with Crippen LogP contribution in [0.3, 0.4) is 0 Å². The second-order valence-corrected chi connectivity index (χ2v) is 12.7. The SMILES string of the molecule is [C-]#[N+]c1ccccc1N1CCC(Nc2cc(C(=O)N3CCN(c4ncccc4S(N)(=O)=O)[C@H](C)C3)c(C)cc2C)CC1. The Balaban J connectivity index is 1.26. The van der Waals surface area contributed by atoms with E-state index >= 15 is 0 Å². The van der Waals surface area contributed by atoms with Crippen LogP contribution in [0.2, 0.25) is 0 Å². The van der Waals surface area contributed by atoms with Crippen LogP contribution < -0.4 is 20.3 Å². The number of nitrogens with zero attached hydrogens (tertiary/aromatic N) is 5. The van der Waals surface area contributed by atoms with Crippen molar-refractivity contribution in [3.05, 3.63) is 82.8 Å². The molecule has 5 rings (SSSR count). The summed E-state index contributed by atoms with van der Waals surface area (Å²) in [6.45, 7) is 16.5. The normalized spacial score (nSPS) is 18.1. The molecule has 0 bridgehead atoms. The van der Waals surface area contributed by atoms with Gasteiger partial charge in [-0.15, -0.1) is 0 Å². The first-order valence-corrected chi connectivity index (χ1v) is 15.7. The molecule has 0 aliphatic carbocycles. The van der Waals surface area contributed by atoms with E-state index in [4.69, 9.17) is 11.7 Å². The molecule has 2 aromatic carbocycles. The van der Waals surface area contributed by atoms with Crippen molar-refractivity contribution in [1.29, 1.82) is 0 Å². The third-order valence-corrected chi connectivity index (χ3v) is 9.18. The number of para-hydroxylation sites is 2. The molecule has 1 atom stereocenters. The summed E-state index contributed by atoms with van der Waals surface area (Å²) in [7, 11) is -3.93. The van der Waals surface area contributed by atoms with E-state index < -0.39 is 10.0 Å². The molecule has 0 unspecified atom stereocenters. The van der Waals surface area contributed by atoms with E-state index in [0.29, 0.717) is 36.7 Å². The predicted molar refractivity (Wildman–Crippen MR) is 166 cm³/mol. The first kappa shape index (κ1) is 29.4. The molecule has 0 radical (unpaired) electrons. The van der Waals surface area contributed by atoms with Crippen molar-refractivity contribution in [1.82, 2.24) is 9.88 Å². The number of hydrogen-bond acceptors (Lipinski definition) is 7. The highest BCUT2D eigenvalue weighted by Crippen LogP contribution is 2.32. The number of primary sulfonamides is 1. The monoisotopic (exact) mass is 587 g/mol. The molecule has 3 aromatic rings. The number of carbonyl (C=O) groups excluding carboxylic acids is 1. The number of anilines is 3. The largest absolute Gasteiger partial charge is 0.382 e. The van der Waals surface area contributed by atoms with Gasteiger partial charge in [0.05, 0.1) is 6.57 Å². The number of pyridine rings is 1. The van der Waals surface area contributed by atoms with Crippen LogP contribution in [-0.2, 0) is 10.0 Å². The van der Waals surface area contributed by atoms with Gasteiger partial charge in [-0.1, -0.05) is 24.3 Å². The van der Waals surface area contributed by atoms with Gasteiger partial charge in [-0.05, 0) is 69.0 Å². The van der Waals surface area contributed by atoms with E-state index in [1.807, 2.05) is 54.0 Å². The van der Waals surface area contributed by atoms with Crippen LogP contribution in [0.25, 0.3) is 4.85 Å². The second-order valence-electron chi connectivity index (χ2n) is 11.2. The Morgan fingerprint density at radius 2 is 1.79 bits per heavy atom. The molecular formula is C31H37N7O3S. The molecule has 220 valence electrons. The lowest BCUT2D eigenvalue weighted by Gasteiger charge is -2.41. The Hall–Kier alpha value is -4.14. The van der Waals surface area contributed by atoms with E-state index in [0.717, 1.165) is 48.4 Å². The highest BCUT2D eigenvalue weighted by Gasteiger charge is 2.32. The number of hydrogen-bond donors (Lipinski definition) is 2. The number of piperazine rings is 1. The quantitative estimate of drug-likeness (QED) is 0.413. The van der Waals surface area contributed by atoms with Gasteiger partial charge in [0.2, 0.25) is 15.7 Å². The predicted octanol–water partition coefficient (Wildman–Crippen LogP) is 4.33. The summed E-state index contributed by atoms with van der Waals surface area (Å²) in [4.78, 5) is 27.8. The van der Waals surface area contributed by atoms with Crippen molar-refractivity contribution in [3.63, 3.8) is 0 Å². The molecule has 2 aliphatic rings. The number of nitrogens with one attached hydrogen (secondary N) is 1. The van der Waals surface area contributed by atoms with E-state index in [1.165, 1.54) is 6.07 Å². The minimum Gasteiger partial charge on any atom is -0.382 e.